The van der Waals surface area contributed by atoms with Crippen LogP contribution in [0, 0.1) is 5.92 Å². The Labute approximate surface area is 200 Å². The summed E-state index contributed by atoms with van der Waals surface area (Å²) in [5, 5.41) is 3.11. The second-order valence-electron chi connectivity index (χ2n) is 7.35. The second-order valence-corrected chi connectivity index (χ2v) is 8.13. The molecular formula is C23H22Cl2N2O6. The molecule has 0 spiro atoms. The highest BCUT2D eigenvalue weighted by Crippen LogP contribution is 2.35. The number of ether oxygens (including phenoxy) is 2. The zero-order valence-electron chi connectivity index (χ0n) is 17.8. The van der Waals surface area contributed by atoms with Crippen LogP contribution in [0.15, 0.2) is 42.5 Å². The SMILES string of the molecule is CCCOC(=O)c1ccc(NC(=O)COC(=O)[C@@H]2CC(=O)N(c3cccc(Cl)c3Cl)C2)cc1. The first-order chi connectivity index (χ1) is 15.8. The quantitative estimate of drug-likeness (QED) is 0.556. The lowest BCUT2D eigenvalue weighted by Gasteiger charge is -2.18. The first-order valence-corrected chi connectivity index (χ1v) is 11.0. The number of hydrogen-bond acceptors (Lipinski definition) is 6. The standard InChI is InChI=1S/C23H22Cl2N2O6/c1-2-10-32-22(30)14-6-8-16(9-7-14)26-19(28)13-33-23(31)15-11-20(29)27(12-15)18-5-3-4-17(24)21(18)25/h3-9,15H,2,10-13H2,1H3,(H,26,28)/t15-/m1/s1. The average Bonchev–Trinajstić information content (AvgIpc) is 3.19. The summed E-state index contributed by atoms with van der Waals surface area (Å²) in [5.41, 5.74) is 1.22. The molecule has 0 saturated carbocycles. The van der Waals surface area contributed by atoms with Crippen molar-refractivity contribution in [2.75, 3.05) is 30.0 Å². The molecule has 0 aliphatic carbocycles. The molecule has 1 heterocycles. The van der Waals surface area contributed by atoms with E-state index in [2.05, 4.69) is 5.32 Å². The van der Waals surface area contributed by atoms with Gasteiger partial charge in [-0.1, -0.05) is 36.2 Å². The largest absolute Gasteiger partial charge is 0.462 e. The van der Waals surface area contributed by atoms with Gasteiger partial charge in [-0.3, -0.25) is 14.4 Å². The normalized spacial score (nSPS) is 15.3. The maximum absolute atomic E-state index is 12.4. The summed E-state index contributed by atoms with van der Waals surface area (Å²) in [6.45, 7) is 1.80. The Morgan fingerprint density at radius 1 is 1.09 bits per heavy atom. The molecule has 1 saturated heterocycles. The highest BCUT2D eigenvalue weighted by molar-refractivity contribution is 6.44. The Morgan fingerprint density at radius 2 is 1.82 bits per heavy atom. The van der Waals surface area contributed by atoms with Crippen LogP contribution in [0.4, 0.5) is 11.4 Å². The van der Waals surface area contributed by atoms with E-state index >= 15 is 0 Å². The third-order valence-corrected chi connectivity index (χ3v) is 5.68. The van der Waals surface area contributed by atoms with Crippen molar-refractivity contribution in [3.8, 4) is 0 Å². The van der Waals surface area contributed by atoms with Crippen LogP contribution < -0.4 is 10.2 Å². The van der Waals surface area contributed by atoms with Gasteiger partial charge in [0.25, 0.3) is 5.91 Å². The summed E-state index contributed by atoms with van der Waals surface area (Å²) >= 11 is 12.2. The molecule has 174 valence electrons. The number of hydrogen-bond donors (Lipinski definition) is 1. The highest BCUT2D eigenvalue weighted by atomic mass is 35.5. The molecule has 0 unspecified atom stereocenters. The molecule has 2 amide bonds. The van der Waals surface area contributed by atoms with Gasteiger partial charge in [0, 0.05) is 18.7 Å². The zero-order valence-corrected chi connectivity index (χ0v) is 19.3. The first kappa shape index (κ1) is 24.5. The van der Waals surface area contributed by atoms with Crippen LogP contribution in [0.5, 0.6) is 0 Å². The van der Waals surface area contributed by atoms with Gasteiger partial charge >= 0.3 is 11.9 Å². The van der Waals surface area contributed by atoms with E-state index in [4.69, 9.17) is 32.7 Å². The van der Waals surface area contributed by atoms with Gasteiger partial charge in [0.05, 0.1) is 33.8 Å². The van der Waals surface area contributed by atoms with E-state index in [9.17, 15) is 19.2 Å². The van der Waals surface area contributed by atoms with Gasteiger partial charge in [-0.25, -0.2) is 4.79 Å². The molecule has 1 atom stereocenters. The molecule has 2 aromatic carbocycles. The molecule has 1 N–H and O–H groups in total. The third kappa shape index (κ3) is 6.24. The summed E-state index contributed by atoms with van der Waals surface area (Å²) in [5.74, 6) is -2.67. The molecule has 3 rings (SSSR count). The Morgan fingerprint density at radius 3 is 2.52 bits per heavy atom. The smallest absolute Gasteiger partial charge is 0.338 e. The molecular weight excluding hydrogens is 471 g/mol. The monoisotopic (exact) mass is 492 g/mol. The number of halogens is 2. The van der Waals surface area contributed by atoms with Crippen LogP contribution in [0.1, 0.15) is 30.1 Å². The van der Waals surface area contributed by atoms with Crippen molar-refractivity contribution in [3.63, 3.8) is 0 Å². The van der Waals surface area contributed by atoms with E-state index in [-0.39, 0.29) is 23.9 Å². The number of esters is 2. The molecule has 10 heteroatoms. The topological polar surface area (TPSA) is 102 Å². The minimum absolute atomic E-state index is 0.0567. The van der Waals surface area contributed by atoms with Gasteiger partial charge in [0.1, 0.15) is 0 Å². The minimum atomic E-state index is -0.728. The Balaban J connectivity index is 1.49. The Bertz CT molecular complexity index is 1060. The summed E-state index contributed by atoms with van der Waals surface area (Å²) < 4.78 is 10.1. The summed E-state index contributed by atoms with van der Waals surface area (Å²) in [6.07, 6.45) is 0.666. The summed E-state index contributed by atoms with van der Waals surface area (Å²) in [6, 6.07) is 11.0. The van der Waals surface area contributed by atoms with Gasteiger partial charge in [0.15, 0.2) is 6.61 Å². The number of nitrogens with zero attached hydrogens (tertiary/aromatic N) is 1. The van der Waals surface area contributed by atoms with E-state index in [0.717, 1.165) is 6.42 Å². The van der Waals surface area contributed by atoms with Crippen molar-refractivity contribution in [2.24, 2.45) is 5.92 Å². The van der Waals surface area contributed by atoms with Crippen LogP contribution in [0.3, 0.4) is 0 Å². The van der Waals surface area contributed by atoms with E-state index in [1.807, 2.05) is 6.92 Å². The zero-order chi connectivity index (χ0) is 24.0. The minimum Gasteiger partial charge on any atom is -0.462 e. The molecule has 33 heavy (non-hydrogen) atoms. The van der Waals surface area contributed by atoms with Crippen LogP contribution in [0.2, 0.25) is 10.0 Å². The van der Waals surface area contributed by atoms with E-state index in [1.165, 1.54) is 17.0 Å². The lowest BCUT2D eigenvalue weighted by atomic mass is 10.1. The second kappa shape index (κ2) is 11.2. The fourth-order valence-electron chi connectivity index (χ4n) is 3.22. The molecule has 0 bridgehead atoms. The maximum atomic E-state index is 12.4. The lowest BCUT2D eigenvalue weighted by molar-refractivity contribution is -0.151. The van der Waals surface area contributed by atoms with Gasteiger partial charge in [-0.05, 0) is 42.8 Å². The summed E-state index contributed by atoms with van der Waals surface area (Å²) in [7, 11) is 0. The number of carbonyl (C=O) groups is 4. The third-order valence-electron chi connectivity index (χ3n) is 4.87. The Hall–Kier alpha value is -3.10. The van der Waals surface area contributed by atoms with Crippen molar-refractivity contribution >= 4 is 58.3 Å². The van der Waals surface area contributed by atoms with Crippen LogP contribution in [-0.2, 0) is 23.9 Å². The highest BCUT2D eigenvalue weighted by Gasteiger charge is 2.37. The molecule has 1 fully saturated rings. The van der Waals surface area contributed by atoms with Gasteiger partial charge in [-0.15, -0.1) is 0 Å². The van der Waals surface area contributed by atoms with E-state index < -0.39 is 30.4 Å². The van der Waals surface area contributed by atoms with E-state index in [1.54, 1.807) is 30.3 Å². The van der Waals surface area contributed by atoms with Crippen molar-refractivity contribution in [2.45, 2.75) is 19.8 Å². The fraction of sp³-hybridized carbons (Fsp3) is 0.304. The number of rotatable bonds is 8. The van der Waals surface area contributed by atoms with Crippen molar-refractivity contribution in [1.82, 2.24) is 0 Å². The fourth-order valence-corrected chi connectivity index (χ4v) is 3.62. The van der Waals surface area contributed by atoms with Crippen molar-refractivity contribution < 1.29 is 28.7 Å². The number of carbonyl (C=O) groups excluding carboxylic acids is 4. The predicted octanol–water partition coefficient (Wildman–Crippen LogP) is 4.10. The molecule has 1 aliphatic rings. The van der Waals surface area contributed by atoms with Crippen molar-refractivity contribution in [1.29, 1.82) is 0 Å². The average molecular weight is 493 g/mol. The lowest BCUT2D eigenvalue weighted by Crippen LogP contribution is -2.28. The molecule has 2 aromatic rings. The molecule has 0 radical (unpaired) electrons. The molecule has 0 aromatic heterocycles. The van der Waals surface area contributed by atoms with E-state index in [0.29, 0.717) is 28.6 Å². The van der Waals surface area contributed by atoms with Crippen molar-refractivity contribution in [3.05, 3.63) is 58.1 Å². The predicted molar refractivity (Wildman–Crippen MR) is 124 cm³/mol. The van der Waals surface area contributed by atoms with Gasteiger partial charge < -0.3 is 19.7 Å². The van der Waals surface area contributed by atoms with Crippen LogP contribution in [-0.4, -0.2) is 43.5 Å². The molecule has 8 nitrogen and oxygen atoms in total. The maximum Gasteiger partial charge on any atom is 0.338 e. The van der Waals surface area contributed by atoms with Crippen LogP contribution in [0.25, 0.3) is 0 Å². The molecule has 1 aliphatic heterocycles. The number of anilines is 2. The first-order valence-electron chi connectivity index (χ1n) is 10.3. The summed E-state index contributed by atoms with van der Waals surface area (Å²) in [4.78, 5) is 50.1. The number of amides is 2. The number of nitrogens with one attached hydrogen (secondary N) is 1. The van der Waals surface area contributed by atoms with Gasteiger partial charge in [0.2, 0.25) is 5.91 Å². The number of benzene rings is 2. The van der Waals surface area contributed by atoms with Crippen LogP contribution >= 0.6 is 23.2 Å². The Kier molecular flexibility index (Phi) is 8.30. The van der Waals surface area contributed by atoms with Gasteiger partial charge in [-0.2, -0.15) is 0 Å².